The number of hydrogen-bond donors (Lipinski definition) is 0. The second kappa shape index (κ2) is 4.14. The lowest BCUT2D eigenvalue weighted by molar-refractivity contribution is -0.239. The normalized spacial score (nSPS) is 15.8. The zero-order valence-corrected chi connectivity index (χ0v) is 7.60. The van der Waals surface area contributed by atoms with Gasteiger partial charge in [-0.3, -0.25) is 4.79 Å². The van der Waals surface area contributed by atoms with Crippen LogP contribution in [0.3, 0.4) is 0 Å². The molecule has 84 valence electrons. The molecular weight excluding hydrogens is 261 g/mol. The number of ketones is 1. The molecule has 1 nitrogen and oxygen atoms in total. The first-order valence-corrected chi connectivity index (χ1v) is 3.79. The summed E-state index contributed by atoms with van der Waals surface area (Å²) in [5.41, 5.74) is 0. The van der Waals surface area contributed by atoms with Crippen LogP contribution in [-0.4, -0.2) is 28.9 Å². The fraction of sp³-hybridized carbons (Fsp3) is 0.800. The van der Waals surface area contributed by atoms with Gasteiger partial charge in [-0.05, 0) is 0 Å². The van der Waals surface area contributed by atoms with Crippen LogP contribution in [0, 0.1) is 0 Å². The van der Waals surface area contributed by atoms with E-state index < -0.39 is 28.9 Å². The lowest BCUT2D eigenvalue weighted by Crippen LogP contribution is -2.49. The maximum atomic E-state index is 12.3. The number of Topliss-reactive ketones (excluding diaryl/α,β-unsaturated/α-hetero) is 1. The largest absolute Gasteiger partial charge is 0.426 e. The van der Waals surface area contributed by atoms with Crippen LogP contribution in [0.15, 0.2) is 0 Å². The van der Waals surface area contributed by atoms with Gasteiger partial charge in [0.2, 0.25) is 5.78 Å². The van der Waals surface area contributed by atoms with Gasteiger partial charge in [-0.2, -0.15) is 22.0 Å². The summed E-state index contributed by atoms with van der Waals surface area (Å²) in [6.45, 7) is 0. The van der Waals surface area contributed by atoms with E-state index in [-0.39, 0.29) is 0 Å². The van der Waals surface area contributed by atoms with Crippen molar-refractivity contribution in [1.82, 2.24) is 0 Å². The second-order valence-electron chi connectivity index (χ2n) is 2.19. The smallest absolute Gasteiger partial charge is 0.290 e. The van der Waals surface area contributed by atoms with E-state index in [9.17, 15) is 31.1 Å². The molecule has 1 atom stereocenters. The van der Waals surface area contributed by atoms with E-state index in [0.717, 1.165) is 0 Å². The number of carbonyl (C=O) groups is 1. The highest BCUT2D eigenvalue weighted by atomic mass is 35.5. The Labute approximate surface area is 84.0 Å². The summed E-state index contributed by atoms with van der Waals surface area (Å²) in [6.07, 6.45) is -10.5. The Morgan fingerprint density at radius 1 is 1.07 bits per heavy atom. The van der Waals surface area contributed by atoms with Gasteiger partial charge in [0.25, 0.3) is 6.17 Å². The van der Waals surface area contributed by atoms with Crippen molar-refractivity contribution in [3.05, 3.63) is 0 Å². The van der Waals surface area contributed by atoms with Gasteiger partial charge < -0.3 is 0 Å². The van der Waals surface area contributed by atoms with Gasteiger partial charge in [0.15, 0.2) is 4.84 Å². The first kappa shape index (κ1) is 13.8. The van der Waals surface area contributed by atoms with E-state index in [1.807, 2.05) is 0 Å². The highest BCUT2D eigenvalue weighted by Crippen LogP contribution is 2.37. The highest BCUT2D eigenvalue weighted by Gasteiger charge is 2.61. The molecule has 0 aliphatic heterocycles. The molecule has 14 heavy (non-hydrogen) atoms. The van der Waals surface area contributed by atoms with Crippen LogP contribution in [0.4, 0.5) is 26.3 Å². The molecule has 0 aromatic carbocycles. The lowest BCUT2D eigenvalue weighted by Gasteiger charge is -2.21. The molecule has 0 saturated heterocycles. The molecule has 0 heterocycles. The molecule has 1 unspecified atom stereocenters. The van der Waals surface area contributed by atoms with Crippen molar-refractivity contribution in [3.8, 4) is 0 Å². The monoisotopic (exact) mass is 262 g/mol. The van der Waals surface area contributed by atoms with Crippen LogP contribution >= 0.6 is 23.2 Å². The van der Waals surface area contributed by atoms with Gasteiger partial charge in [-0.15, -0.1) is 0 Å². The Morgan fingerprint density at radius 2 is 1.43 bits per heavy atom. The van der Waals surface area contributed by atoms with E-state index in [4.69, 9.17) is 0 Å². The Morgan fingerprint density at radius 3 is 1.64 bits per heavy atom. The van der Waals surface area contributed by atoms with Crippen LogP contribution < -0.4 is 0 Å². The Balaban J connectivity index is 4.87. The van der Waals surface area contributed by atoms with Crippen molar-refractivity contribution >= 4 is 29.0 Å². The minimum absolute atomic E-state index is 2.41. The fourth-order valence-electron chi connectivity index (χ4n) is 0.476. The fourth-order valence-corrected chi connectivity index (χ4v) is 0.767. The van der Waals surface area contributed by atoms with Gasteiger partial charge >= 0.3 is 12.1 Å². The van der Waals surface area contributed by atoms with Crippen molar-refractivity contribution in [2.24, 2.45) is 0 Å². The first-order valence-electron chi connectivity index (χ1n) is 2.92. The first-order chi connectivity index (χ1) is 6.01. The van der Waals surface area contributed by atoms with Crippen molar-refractivity contribution in [1.29, 1.82) is 0 Å². The molecule has 0 radical (unpaired) electrons. The van der Waals surface area contributed by atoms with Crippen molar-refractivity contribution in [2.75, 3.05) is 0 Å². The van der Waals surface area contributed by atoms with Crippen LogP contribution in [0.25, 0.3) is 0 Å². The van der Waals surface area contributed by atoms with Crippen molar-refractivity contribution < 1.29 is 31.1 Å². The molecule has 9 heteroatoms. The zero-order chi connectivity index (χ0) is 11.7. The summed E-state index contributed by atoms with van der Waals surface area (Å²) in [4.78, 5) is 7.89. The average molecular weight is 263 g/mol. The Hall–Kier alpha value is -0.170. The van der Waals surface area contributed by atoms with Crippen LogP contribution in [0.5, 0.6) is 0 Å². The summed E-state index contributed by atoms with van der Waals surface area (Å²) in [5, 5.41) is 0. The summed E-state index contributed by atoms with van der Waals surface area (Å²) in [7, 11) is 0. The summed E-state index contributed by atoms with van der Waals surface area (Å²) in [5.74, 6) is -7.79. The molecule has 0 aliphatic rings. The number of rotatable bonds is 3. The Kier molecular flexibility index (Phi) is 4.09. The molecule has 0 bridgehead atoms. The van der Waals surface area contributed by atoms with E-state index in [2.05, 4.69) is 23.2 Å². The highest BCUT2D eigenvalue weighted by molar-refractivity contribution is 6.54. The predicted octanol–water partition coefficient (Wildman–Crippen LogP) is 2.89. The third kappa shape index (κ3) is 2.91. The Bertz CT molecular complexity index is 225. The summed E-state index contributed by atoms with van der Waals surface area (Å²) >= 11 is 9.22. The number of hydrogen-bond acceptors (Lipinski definition) is 1. The van der Waals surface area contributed by atoms with Crippen molar-refractivity contribution in [2.45, 2.75) is 23.1 Å². The number of alkyl halides is 8. The van der Waals surface area contributed by atoms with Gasteiger partial charge in [0, 0.05) is 0 Å². The molecule has 0 saturated carbocycles. The van der Waals surface area contributed by atoms with E-state index in [0.29, 0.717) is 0 Å². The molecule has 0 aliphatic carbocycles. The topological polar surface area (TPSA) is 17.1 Å². The molecule has 0 rings (SSSR count). The van der Waals surface area contributed by atoms with Gasteiger partial charge in [0.1, 0.15) is 0 Å². The molecular formula is C5H2Cl2F6O. The average Bonchev–Trinajstić information content (AvgIpc) is 1.99. The standard InChI is InChI=1S/C5H2Cl2F6O/c6-2(7)1(14)4(9,10)3(8)5(11,12)13/h2-3H. The number of carbonyl (C=O) groups excluding carboxylic acids is 1. The maximum Gasteiger partial charge on any atom is 0.426 e. The minimum atomic E-state index is -5.85. The third-order valence-electron chi connectivity index (χ3n) is 1.13. The minimum Gasteiger partial charge on any atom is -0.290 e. The van der Waals surface area contributed by atoms with Crippen LogP contribution in [-0.2, 0) is 4.79 Å². The molecule has 0 spiro atoms. The van der Waals surface area contributed by atoms with Crippen molar-refractivity contribution in [3.63, 3.8) is 0 Å². The maximum absolute atomic E-state index is 12.3. The summed E-state index contributed by atoms with van der Waals surface area (Å²) in [6, 6.07) is 0. The van der Waals surface area contributed by atoms with Gasteiger partial charge in [-0.25, -0.2) is 4.39 Å². The molecule has 0 fully saturated rings. The quantitative estimate of drug-likeness (QED) is 0.565. The van der Waals surface area contributed by atoms with Gasteiger partial charge in [0.05, 0.1) is 0 Å². The summed E-state index contributed by atoms with van der Waals surface area (Å²) < 4.78 is 71.2. The zero-order valence-electron chi connectivity index (χ0n) is 6.09. The number of halogens is 8. The second-order valence-corrected chi connectivity index (χ2v) is 3.29. The predicted molar refractivity (Wildman–Crippen MR) is 36.4 cm³/mol. The van der Waals surface area contributed by atoms with Crippen LogP contribution in [0.2, 0.25) is 0 Å². The SMILES string of the molecule is O=C(C(Cl)Cl)C(F)(F)C(F)C(F)(F)F. The van der Waals surface area contributed by atoms with Gasteiger partial charge in [-0.1, -0.05) is 23.2 Å². The van der Waals surface area contributed by atoms with E-state index in [1.165, 1.54) is 0 Å². The molecule has 0 amide bonds. The van der Waals surface area contributed by atoms with E-state index >= 15 is 0 Å². The van der Waals surface area contributed by atoms with Crippen LogP contribution in [0.1, 0.15) is 0 Å². The molecule has 0 N–H and O–H groups in total. The molecule has 0 aromatic heterocycles. The van der Waals surface area contributed by atoms with E-state index in [1.54, 1.807) is 0 Å². The lowest BCUT2D eigenvalue weighted by atomic mass is 10.1. The third-order valence-corrected chi connectivity index (χ3v) is 1.53. The molecule has 0 aromatic rings.